The lowest BCUT2D eigenvalue weighted by atomic mass is 10.2. The van der Waals surface area contributed by atoms with Gasteiger partial charge in [-0.1, -0.05) is 6.08 Å². The van der Waals surface area contributed by atoms with Crippen LogP contribution in [0.15, 0.2) is 12.7 Å². The molecule has 16 heavy (non-hydrogen) atoms. The molecular formula is C12H22N2O2. The van der Waals surface area contributed by atoms with Gasteiger partial charge in [0.25, 0.3) is 0 Å². The maximum absolute atomic E-state index is 10.8. The SMILES string of the molecule is C=CCCCN1CCN(C(C)C(=O)O)CC1. The summed E-state index contributed by atoms with van der Waals surface area (Å²) in [6.07, 6.45) is 4.16. The van der Waals surface area contributed by atoms with Crippen LogP contribution in [0.4, 0.5) is 0 Å². The molecular weight excluding hydrogens is 204 g/mol. The number of hydrogen-bond acceptors (Lipinski definition) is 3. The van der Waals surface area contributed by atoms with Crippen LogP contribution >= 0.6 is 0 Å². The first-order valence-electron chi connectivity index (χ1n) is 5.95. The summed E-state index contributed by atoms with van der Waals surface area (Å²) >= 11 is 0. The van der Waals surface area contributed by atoms with Gasteiger partial charge in [-0.2, -0.15) is 0 Å². The van der Waals surface area contributed by atoms with Crippen LogP contribution in [-0.4, -0.2) is 59.6 Å². The van der Waals surface area contributed by atoms with Gasteiger partial charge in [-0.15, -0.1) is 6.58 Å². The maximum atomic E-state index is 10.8. The zero-order valence-electron chi connectivity index (χ0n) is 10.1. The lowest BCUT2D eigenvalue weighted by molar-refractivity contribution is -0.143. The van der Waals surface area contributed by atoms with Crippen molar-refractivity contribution in [3.8, 4) is 0 Å². The second-order valence-corrected chi connectivity index (χ2v) is 4.32. The molecule has 0 saturated carbocycles. The molecule has 0 amide bonds. The third kappa shape index (κ3) is 3.94. The fourth-order valence-electron chi connectivity index (χ4n) is 1.99. The molecule has 0 radical (unpaired) electrons. The number of allylic oxidation sites excluding steroid dienone is 1. The molecule has 1 unspecified atom stereocenters. The summed E-state index contributed by atoms with van der Waals surface area (Å²) in [5.74, 6) is -0.722. The van der Waals surface area contributed by atoms with Crippen molar-refractivity contribution in [2.45, 2.75) is 25.8 Å². The van der Waals surface area contributed by atoms with E-state index < -0.39 is 5.97 Å². The standard InChI is InChI=1S/C12H22N2O2/c1-3-4-5-6-13-7-9-14(10-8-13)11(2)12(15)16/h3,11H,1,4-10H2,2H3,(H,15,16). The number of aliphatic carboxylic acids is 1. The molecule has 1 fully saturated rings. The number of rotatable bonds is 6. The van der Waals surface area contributed by atoms with Gasteiger partial charge < -0.3 is 10.0 Å². The Kier molecular flexibility index (Phi) is 5.49. The highest BCUT2D eigenvalue weighted by molar-refractivity contribution is 5.72. The number of unbranched alkanes of at least 4 members (excludes halogenated alkanes) is 1. The van der Waals surface area contributed by atoms with Crippen LogP contribution < -0.4 is 0 Å². The smallest absolute Gasteiger partial charge is 0.320 e. The van der Waals surface area contributed by atoms with E-state index in [9.17, 15) is 4.79 Å². The van der Waals surface area contributed by atoms with Crippen LogP contribution in [0.3, 0.4) is 0 Å². The molecule has 0 aromatic heterocycles. The van der Waals surface area contributed by atoms with Crippen molar-refractivity contribution in [3.05, 3.63) is 12.7 Å². The second-order valence-electron chi connectivity index (χ2n) is 4.32. The van der Waals surface area contributed by atoms with Crippen LogP contribution in [0.2, 0.25) is 0 Å². The Labute approximate surface area is 97.5 Å². The average Bonchev–Trinajstić information content (AvgIpc) is 2.29. The van der Waals surface area contributed by atoms with Gasteiger partial charge in [-0.05, 0) is 26.3 Å². The molecule has 0 aromatic rings. The summed E-state index contributed by atoms with van der Waals surface area (Å²) in [6, 6.07) is -0.352. The fraction of sp³-hybridized carbons (Fsp3) is 0.750. The molecule has 1 atom stereocenters. The van der Waals surface area contributed by atoms with Crippen LogP contribution in [-0.2, 0) is 4.79 Å². The Morgan fingerprint density at radius 1 is 1.44 bits per heavy atom. The number of piperazine rings is 1. The Morgan fingerprint density at radius 3 is 2.56 bits per heavy atom. The highest BCUT2D eigenvalue weighted by Gasteiger charge is 2.24. The summed E-state index contributed by atoms with van der Waals surface area (Å²) in [6.45, 7) is 10.3. The van der Waals surface area contributed by atoms with E-state index in [0.717, 1.165) is 45.6 Å². The summed E-state index contributed by atoms with van der Waals surface area (Å²) in [5, 5.41) is 8.91. The highest BCUT2D eigenvalue weighted by Crippen LogP contribution is 2.07. The Bertz CT molecular complexity index is 235. The van der Waals surface area contributed by atoms with Crippen molar-refractivity contribution in [3.63, 3.8) is 0 Å². The highest BCUT2D eigenvalue weighted by atomic mass is 16.4. The van der Waals surface area contributed by atoms with E-state index >= 15 is 0 Å². The summed E-state index contributed by atoms with van der Waals surface area (Å²) in [4.78, 5) is 15.3. The van der Waals surface area contributed by atoms with Gasteiger partial charge in [0.15, 0.2) is 0 Å². The van der Waals surface area contributed by atoms with Crippen LogP contribution in [0.25, 0.3) is 0 Å². The molecule has 1 aliphatic heterocycles. The van der Waals surface area contributed by atoms with E-state index in [0.29, 0.717) is 0 Å². The first kappa shape index (κ1) is 13.2. The molecule has 4 nitrogen and oxygen atoms in total. The minimum absolute atomic E-state index is 0.352. The third-order valence-electron chi connectivity index (χ3n) is 3.19. The summed E-state index contributed by atoms with van der Waals surface area (Å²) in [5.41, 5.74) is 0. The molecule has 1 N–H and O–H groups in total. The Morgan fingerprint density at radius 2 is 2.06 bits per heavy atom. The van der Waals surface area contributed by atoms with Gasteiger partial charge in [-0.25, -0.2) is 0 Å². The number of carbonyl (C=O) groups is 1. The van der Waals surface area contributed by atoms with Crippen molar-refractivity contribution >= 4 is 5.97 Å². The average molecular weight is 226 g/mol. The second kappa shape index (κ2) is 6.66. The molecule has 1 saturated heterocycles. The zero-order chi connectivity index (χ0) is 12.0. The Hall–Kier alpha value is -0.870. The number of carboxylic acid groups (broad SMARTS) is 1. The maximum Gasteiger partial charge on any atom is 0.320 e. The van der Waals surface area contributed by atoms with Gasteiger partial charge in [0, 0.05) is 26.2 Å². The predicted octanol–water partition coefficient (Wildman–Crippen LogP) is 1.04. The van der Waals surface area contributed by atoms with Gasteiger partial charge in [0.1, 0.15) is 6.04 Å². The topological polar surface area (TPSA) is 43.8 Å². The minimum atomic E-state index is -0.722. The van der Waals surface area contributed by atoms with Gasteiger partial charge in [0.2, 0.25) is 0 Å². The van der Waals surface area contributed by atoms with Gasteiger partial charge >= 0.3 is 5.97 Å². The quantitative estimate of drug-likeness (QED) is 0.543. The summed E-state index contributed by atoms with van der Waals surface area (Å²) < 4.78 is 0. The lowest BCUT2D eigenvalue weighted by Gasteiger charge is -2.36. The van der Waals surface area contributed by atoms with E-state index in [1.807, 2.05) is 11.0 Å². The molecule has 0 bridgehead atoms. The molecule has 1 heterocycles. The van der Waals surface area contributed by atoms with Crippen LogP contribution in [0.5, 0.6) is 0 Å². The van der Waals surface area contributed by atoms with E-state index in [1.54, 1.807) is 6.92 Å². The van der Waals surface area contributed by atoms with Crippen molar-refractivity contribution in [2.24, 2.45) is 0 Å². The summed E-state index contributed by atoms with van der Waals surface area (Å²) in [7, 11) is 0. The number of carboxylic acids is 1. The fourth-order valence-corrected chi connectivity index (χ4v) is 1.99. The third-order valence-corrected chi connectivity index (χ3v) is 3.19. The van der Waals surface area contributed by atoms with Crippen molar-refractivity contribution < 1.29 is 9.90 Å². The van der Waals surface area contributed by atoms with Crippen LogP contribution in [0, 0.1) is 0 Å². The monoisotopic (exact) mass is 226 g/mol. The molecule has 0 aromatic carbocycles. The largest absolute Gasteiger partial charge is 0.480 e. The normalized spacial score (nSPS) is 20.6. The van der Waals surface area contributed by atoms with Gasteiger partial charge in [-0.3, -0.25) is 9.69 Å². The number of nitrogens with zero attached hydrogens (tertiary/aromatic N) is 2. The molecule has 92 valence electrons. The van der Waals surface area contributed by atoms with E-state index in [-0.39, 0.29) is 6.04 Å². The molecule has 1 rings (SSSR count). The van der Waals surface area contributed by atoms with Crippen molar-refractivity contribution in [2.75, 3.05) is 32.7 Å². The predicted molar refractivity (Wildman–Crippen MR) is 64.5 cm³/mol. The van der Waals surface area contributed by atoms with Crippen molar-refractivity contribution in [1.82, 2.24) is 9.80 Å². The molecule has 4 heteroatoms. The first-order chi connectivity index (χ1) is 7.65. The van der Waals surface area contributed by atoms with Gasteiger partial charge in [0.05, 0.1) is 0 Å². The lowest BCUT2D eigenvalue weighted by Crippen LogP contribution is -2.51. The van der Waals surface area contributed by atoms with Crippen molar-refractivity contribution in [1.29, 1.82) is 0 Å². The van der Waals surface area contributed by atoms with E-state index in [4.69, 9.17) is 5.11 Å². The van der Waals surface area contributed by atoms with E-state index in [2.05, 4.69) is 11.5 Å². The van der Waals surface area contributed by atoms with Crippen LogP contribution in [0.1, 0.15) is 19.8 Å². The molecule has 0 spiro atoms. The number of hydrogen-bond donors (Lipinski definition) is 1. The molecule has 1 aliphatic rings. The first-order valence-corrected chi connectivity index (χ1v) is 5.95. The Balaban J connectivity index is 2.23. The van der Waals surface area contributed by atoms with E-state index in [1.165, 1.54) is 0 Å². The zero-order valence-corrected chi connectivity index (χ0v) is 10.1. The minimum Gasteiger partial charge on any atom is -0.480 e. The molecule has 0 aliphatic carbocycles.